The summed E-state index contributed by atoms with van der Waals surface area (Å²) < 4.78 is 42.8. The highest BCUT2D eigenvalue weighted by Crippen LogP contribution is 2.29. The first-order valence-corrected chi connectivity index (χ1v) is 7.65. The first-order valence-electron chi connectivity index (χ1n) is 6.77. The highest BCUT2D eigenvalue weighted by molar-refractivity contribution is 8.00. The maximum absolute atomic E-state index is 12.5. The standard InChI is InChI=1S/C13H18F3N3O2S/c1-3-21-8-4-6-17-11(20)9(2)22-12-18-7-5-10(19-12)13(14,15)16/h5,7,9H,3-4,6,8H2,1-2H3,(H,17,20). The Labute approximate surface area is 131 Å². The van der Waals surface area contributed by atoms with Crippen molar-refractivity contribution in [2.24, 2.45) is 0 Å². The number of halogens is 3. The zero-order valence-electron chi connectivity index (χ0n) is 12.3. The Morgan fingerprint density at radius 2 is 2.23 bits per heavy atom. The van der Waals surface area contributed by atoms with Gasteiger partial charge in [0.05, 0.1) is 5.25 Å². The van der Waals surface area contributed by atoms with Gasteiger partial charge in [0.2, 0.25) is 5.91 Å². The molecule has 0 aromatic carbocycles. The van der Waals surface area contributed by atoms with E-state index in [0.29, 0.717) is 26.2 Å². The van der Waals surface area contributed by atoms with Crippen molar-refractivity contribution in [3.05, 3.63) is 18.0 Å². The van der Waals surface area contributed by atoms with Crippen LogP contribution in [0.5, 0.6) is 0 Å². The van der Waals surface area contributed by atoms with Crippen LogP contribution in [0, 0.1) is 0 Å². The number of amides is 1. The van der Waals surface area contributed by atoms with Crippen molar-refractivity contribution in [3.8, 4) is 0 Å². The molecule has 22 heavy (non-hydrogen) atoms. The van der Waals surface area contributed by atoms with Crippen LogP contribution in [0.1, 0.15) is 26.0 Å². The molecule has 0 fully saturated rings. The van der Waals surface area contributed by atoms with Gasteiger partial charge in [0.15, 0.2) is 5.16 Å². The van der Waals surface area contributed by atoms with Crippen molar-refractivity contribution < 1.29 is 22.7 Å². The lowest BCUT2D eigenvalue weighted by atomic mass is 10.4. The van der Waals surface area contributed by atoms with Crippen LogP contribution in [0.2, 0.25) is 0 Å². The Kier molecular flexibility index (Phi) is 7.60. The van der Waals surface area contributed by atoms with Gasteiger partial charge in [-0.25, -0.2) is 9.97 Å². The molecular formula is C13H18F3N3O2S. The van der Waals surface area contributed by atoms with Gasteiger partial charge in [-0.05, 0) is 26.3 Å². The van der Waals surface area contributed by atoms with E-state index in [0.717, 1.165) is 24.0 Å². The molecule has 0 spiro atoms. The topological polar surface area (TPSA) is 64.1 Å². The van der Waals surface area contributed by atoms with Crippen LogP contribution in [0.4, 0.5) is 13.2 Å². The summed E-state index contributed by atoms with van der Waals surface area (Å²) in [6, 6.07) is 0.794. The molecule has 0 aliphatic heterocycles. The summed E-state index contributed by atoms with van der Waals surface area (Å²) in [5.74, 6) is -0.275. The second-order valence-electron chi connectivity index (χ2n) is 4.32. The minimum absolute atomic E-state index is 0.0770. The van der Waals surface area contributed by atoms with Gasteiger partial charge in [-0.15, -0.1) is 0 Å². The van der Waals surface area contributed by atoms with E-state index in [-0.39, 0.29) is 11.1 Å². The summed E-state index contributed by atoms with van der Waals surface area (Å²) in [6.07, 6.45) is -2.81. The van der Waals surface area contributed by atoms with Gasteiger partial charge in [0.1, 0.15) is 5.69 Å². The van der Waals surface area contributed by atoms with Gasteiger partial charge in [0, 0.05) is 26.0 Å². The van der Waals surface area contributed by atoms with Crippen LogP contribution in [0.25, 0.3) is 0 Å². The van der Waals surface area contributed by atoms with Gasteiger partial charge >= 0.3 is 6.18 Å². The molecule has 5 nitrogen and oxygen atoms in total. The molecule has 1 atom stereocenters. The van der Waals surface area contributed by atoms with Crippen molar-refractivity contribution >= 4 is 17.7 Å². The number of rotatable bonds is 8. The molecule has 1 amide bonds. The molecule has 1 rings (SSSR count). The zero-order chi connectivity index (χ0) is 16.6. The van der Waals surface area contributed by atoms with Crippen molar-refractivity contribution in [2.45, 2.75) is 36.9 Å². The van der Waals surface area contributed by atoms with Gasteiger partial charge in [-0.2, -0.15) is 13.2 Å². The fraction of sp³-hybridized carbons (Fsp3) is 0.615. The van der Waals surface area contributed by atoms with Gasteiger partial charge in [-0.3, -0.25) is 4.79 Å². The highest BCUT2D eigenvalue weighted by Gasteiger charge is 2.33. The van der Waals surface area contributed by atoms with Crippen molar-refractivity contribution in [1.82, 2.24) is 15.3 Å². The van der Waals surface area contributed by atoms with E-state index >= 15 is 0 Å². The highest BCUT2D eigenvalue weighted by atomic mass is 32.2. The van der Waals surface area contributed by atoms with Crippen LogP contribution in [-0.4, -0.2) is 40.9 Å². The van der Waals surface area contributed by atoms with E-state index in [1.807, 2.05) is 6.92 Å². The number of nitrogens with zero attached hydrogens (tertiary/aromatic N) is 2. The molecule has 1 heterocycles. The molecule has 0 aliphatic carbocycles. The predicted octanol–water partition coefficient (Wildman–Crippen LogP) is 2.52. The lowest BCUT2D eigenvalue weighted by Crippen LogP contribution is -2.32. The Hall–Kier alpha value is -1.35. The first kappa shape index (κ1) is 18.7. The molecule has 0 bridgehead atoms. The van der Waals surface area contributed by atoms with E-state index < -0.39 is 17.1 Å². The Balaban J connectivity index is 2.47. The van der Waals surface area contributed by atoms with Crippen molar-refractivity contribution in [3.63, 3.8) is 0 Å². The van der Waals surface area contributed by atoms with Crippen LogP contribution in [0.3, 0.4) is 0 Å². The zero-order valence-corrected chi connectivity index (χ0v) is 13.1. The summed E-state index contributed by atoms with van der Waals surface area (Å²) in [5, 5.41) is 2.02. The number of carbonyl (C=O) groups is 1. The van der Waals surface area contributed by atoms with Gasteiger partial charge in [0.25, 0.3) is 0 Å². The fourth-order valence-electron chi connectivity index (χ4n) is 1.44. The van der Waals surface area contributed by atoms with Crippen LogP contribution < -0.4 is 5.32 Å². The summed E-state index contributed by atoms with van der Waals surface area (Å²) in [7, 11) is 0. The lowest BCUT2D eigenvalue weighted by Gasteiger charge is -2.12. The molecule has 9 heteroatoms. The number of carbonyl (C=O) groups excluding carboxylic acids is 1. The van der Waals surface area contributed by atoms with E-state index in [1.165, 1.54) is 0 Å². The molecule has 0 saturated heterocycles. The fourth-order valence-corrected chi connectivity index (χ4v) is 2.22. The molecule has 0 radical (unpaired) electrons. The lowest BCUT2D eigenvalue weighted by molar-refractivity contribution is -0.141. The monoisotopic (exact) mass is 337 g/mol. The molecule has 1 aromatic rings. The van der Waals surface area contributed by atoms with E-state index in [2.05, 4.69) is 15.3 Å². The predicted molar refractivity (Wildman–Crippen MR) is 76.5 cm³/mol. The van der Waals surface area contributed by atoms with E-state index in [4.69, 9.17) is 4.74 Å². The third-order valence-electron chi connectivity index (χ3n) is 2.54. The van der Waals surface area contributed by atoms with Gasteiger partial charge in [-0.1, -0.05) is 11.8 Å². The van der Waals surface area contributed by atoms with E-state index in [9.17, 15) is 18.0 Å². The minimum Gasteiger partial charge on any atom is -0.382 e. The van der Waals surface area contributed by atoms with Crippen LogP contribution in [-0.2, 0) is 15.7 Å². The largest absolute Gasteiger partial charge is 0.433 e. The van der Waals surface area contributed by atoms with E-state index in [1.54, 1.807) is 6.92 Å². The summed E-state index contributed by atoms with van der Waals surface area (Å²) in [6.45, 7) is 5.09. The second kappa shape index (κ2) is 8.94. The number of hydrogen-bond acceptors (Lipinski definition) is 5. The molecule has 124 valence electrons. The minimum atomic E-state index is -4.52. The quantitative estimate of drug-likeness (QED) is 0.449. The smallest absolute Gasteiger partial charge is 0.382 e. The van der Waals surface area contributed by atoms with Crippen molar-refractivity contribution in [1.29, 1.82) is 0 Å². The number of ether oxygens (including phenoxy) is 1. The normalized spacial score (nSPS) is 13.0. The number of thioether (sulfide) groups is 1. The molecule has 0 saturated carbocycles. The SMILES string of the molecule is CCOCCCNC(=O)C(C)Sc1nccc(C(F)(F)F)n1. The number of aromatic nitrogens is 2. The Morgan fingerprint density at radius 1 is 1.50 bits per heavy atom. The Bertz CT molecular complexity index is 486. The second-order valence-corrected chi connectivity index (χ2v) is 5.63. The molecule has 1 aromatic heterocycles. The number of hydrogen-bond donors (Lipinski definition) is 1. The third-order valence-corrected chi connectivity index (χ3v) is 3.52. The molecular weight excluding hydrogens is 319 g/mol. The maximum atomic E-state index is 12.5. The summed E-state index contributed by atoms with van der Waals surface area (Å²) in [4.78, 5) is 19.0. The van der Waals surface area contributed by atoms with Crippen LogP contribution >= 0.6 is 11.8 Å². The summed E-state index contributed by atoms with van der Waals surface area (Å²) >= 11 is 0.885. The number of nitrogens with one attached hydrogen (secondary N) is 1. The van der Waals surface area contributed by atoms with Gasteiger partial charge < -0.3 is 10.1 Å². The van der Waals surface area contributed by atoms with Crippen molar-refractivity contribution in [2.75, 3.05) is 19.8 Å². The van der Waals surface area contributed by atoms with Crippen LogP contribution in [0.15, 0.2) is 17.4 Å². The summed E-state index contributed by atoms with van der Waals surface area (Å²) in [5.41, 5.74) is -1.02. The maximum Gasteiger partial charge on any atom is 0.433 e. The number of alkyl halides is 3. The first-order chi connectivity index (χ1) is 10.3. The average Bonchev–Trinajstić information content (AvgIpc) is 2.46. The molecule has 1 N–H and O–H groups in total. The molecule has 1 unspecified atom stereocenters. The molecule has 0 aliphatic rings. The third kappa shape index (κ3) is 6.61. The average molecular weight is 337 g/mol. The Morgan fingerprint density at radius 3 is 2.86 bits per heavy atom.